The van der Waals surface area contributed by atoms with Crippen LogP contribution < -0.4 is 11.2 Å². The van der Waals surface area contributed by atoms with Crippen molar-refractivity contribution in [3.05, 3.63) is 75.1 Å². The van der Waals surface area contributed by atoms with Crippen molar-refractivity contribution in [1.29, 1.82) is 0 Å². The predicted molar refractivity (Wildman–Crippen MR) is 97.8 cm³/mol. The van der Waals surface area contributed by atoms with Crippen LogP contribution in [-0.4, -0.2) is 9.55 Å². The summed E-state index contributed by atoms with van der Waals surface area (Å²) in [7, 11) is 0. The van der Waals surface area contributed by atoms with Crippen molar-refractivity contribution in [2.45, 2.75) is 13.0 Å². The zero-order valence-electron chi connectivity index (χ0n) is 13.3. The lowest BCUT2D eigenvalue weighted by atomic mass is 9.99. The molecule has 1 N–H and O–H groups in total. The van der Waals surface area contributed by atoms with Crippen LogP contribution in [0.3, 0.4) is 0 Å². The van der Waals surface area contributed by atoms with E-state index in [9.17, 15) is 9.59 Å². The van der Waals surface area contributed by atoms with E-state index in [2.05, 4.69) is 17.6 Å². The molecule has 1 aromatic carbocycles. The number of fused-ring (bicyclic) bond motifs is 6. The van der Waals surface area contributed by atoms with Crippen molar-refractivity contribution < 1.29 is 4.42 Å². The molecule has 0 spiro atoms. The van der Waals surface area contributed by atoms with Gasteiger partial charge in [-0.1, -0.05) is 30.9 Å². The van der Waals surface area contributed by atoms with Gasteiger partial charge in [0.25, 0.3) is 5.56 Å². The van der Waals surface area contributed by atoms with E-state index in [1.807, 2.05) is 24.3 Å². The molecule has 0 aliphatic carbocycles. The van der Waals surface area contributed by atoms with E-state index in [4.69, 9.17) is 4.42 Å². The van der Waals surface area contributed by atoms with Gasteiger partial charge in [-0.05, 0) is 24.1 Å². The molecule has 0 atom stereocenters. The van der Waals surface area contributed by atoms with Gasteiger partial charge in [-0.25, -0.2) is 4.79 Å². The molecule has 0 radical (unpaired) electrons. The van der Waals surface area contributed by atoms with Gasteiger partial charge >= 0.3 is 5.63 Å². The van der Waals surface area contributed by atoms with Crippen molar-refractivity contribution in [2.24, 2.45) is 0 Å². The number of aromatic nitrogens is 2. The third-order valence-electron chi connectivity index (χ3n) is 4.98. The van der Waals surface area contributed by atoms with E-state index in [1.165, 1.54) is 17.2 Å². The topological polar surface area (TPSA) is 68.0 Å². The second kappa shape index (κ2) is 4.83. The normalized spacial score (nSPS) is 13.0. The fourth-order valence-corrected chi connectivity index (χ4v) is 3.80. The number of para-hydroxylation sites is 1. The summed E-state index contributed by atoms with van der Waals surface area (Å²) < 4.78 is 6.66. The Bertz CT molecular complexity index is 1300. The highest BCUT2D eigenvalue weighted by Gasteiger charge is 2.24. The van der Waals surface area contributed by atoms with E-state index in [1.54, 1.807) is 10.6 Å². The molecule has 0 bridgehead atoms. The van der Waals surface area contributed by atoms with Gasteiger partial charge in [0.05, 0.1) is 11.4 Å². The zero-order chi connectivity index (χ0) is 17.1. The van der Waals surface area contributed by atoms with Crippen molar-refractivity contribution in [2.75, 3.05) is 0 Å². The predicted octanol–water partition coefficient (Wildman–Crippen LogP) is 3.30. The Morgan fingerprint density at radius 3 is 2.88 bits per heavy atom. The first kappa shape index (κ1) is 14.0. The van der Waals surface area contributed by atoms with Gasteiger partial charge in [-0.15, -0.1) is 0 Å². The number of benzene rings is 1. The highest BCUT2D eigenvalue weighted by molar-refractivity contribution is 5.95. The van der Waals surface area contributed by atoms with E-state index < -0.39 is 5.63 Å². The van der Waals surface area contributed by atoms with Crippen LogP contribution in [0.2, 0.25) is 0 Å². The average molecular weight is 330 g/mol. The third kappa shape index (κ3) is 1.78. The van der Waals surface area contributed by atoms with Crippen molar-refractivity contribution in [1.82, 2.24) is 9.55 Å². The van der Waals surface area contributed by atoms with Gasteiger partial charge < -0.3 is 14.0 Å². The minimum absolute atomic E-state index is 0.0840. The molecule has 0 fully saturated rings. The first-order valence-corrected chi connectivity index (χ1v) is 8.11. The third-order valence-corrected chi connectivity index (χ3v) is 4.98. The first-order valence-electron chi connectivity index (χ1n) is 8.11. The van der Waals surface area contributed by atoms with Gasteiger partial charge in [0, 0.05) is 28.4 Å². The highest BCUT2D eigenvalue weighted by Crippen LogP contribution is 2.35. The second-order valence-corrected chi connectivity index (χ2v) is 6.23. The number of aromatic amines is 1. The molecule has 4 aromatic rings. The zero-order valence-corrected chi connectivity index (χ0v) is 13.3. The maximum absolute atomic E-state index is 12.9. The van der Waals surface area contributed by atoms with Crippen LogP contribution in [0.4, 0.5) is 0 Å². The van der Waals surface area contributed by atoms with Crippen LogP contribution in [0.15, 0.2) is 57.2 Å². The fourth-order valence-electron chi connectivity index (χ4n) is 3.80. The highest BCUT2D eigenvalue weighted by atomic mass is 16.4. The van der Waals surface area contributed by atoms with Crippen LogP contribution in [0.1, 0.15) is 11.1 Å². The lowest BCUT2D eigenvalue weighted by molar-refractivity contribution is 0.516. The molecular weight excluding hydrogens is 316 g/mol. The molecule has 1 aliphatic rings. The molecule has 122 valence electrons. The largest absolute Gasteiger partial charge is 0.430 e. The van der Waals surface area contributed by atoms with Crippen LogP contribution in [0.25, 0.3) is 39.1 Å². The number of H-pyrrole nitrogens is 1. The average Bonchev–Trinajstić information content (AvgIpc) is 3.01. The molecular formula is C20H14N2O3. The molecule has 4 heterocycles. The molecule has 5 heteroatoms. The first-order chi connectivity index (χ1) is 12.2. The number of pyridine rings is 1. The second-order valence-electron chi connectivity index (χ2n) is 6.23. The molecule has 1 aliphatic heterocycles. The van der Waals surface area contributed by atoms with Crippen LogP contribution in [0, 0.1) is 0 Å². The van der Waals surface area contributed by atoms with E-state index >= 15 is 0 Å². The number of nitrogens with zero attached hydrogens (tertiary/aromatic N) is 1. The Hall–Kier alpha value is -3.34. The molecule has 25 heavy (non-hydrogen) atoms. The van der Waals surface area contributed by atoms with Gasteiger partial charge in [0.15, 0.2) is 0 Å². The standard InChI is InChI=1S/C20H14N2O3/c1-2-11-10-25-20(24)17-14(11)9-16-18-13(7-8-22(16)19(17)23)12-5-3-4-6-15(12)21-18/h2-6,9-10,21H,1,7-8H2. The maximum Gasteiger partial charge on any atom is 0.349 e. The van der Waals surface area contributed by atoms with E-state index in [0.29, 0.717) is 17.5 Å². The molecule has 0 saturated carbocycles. The van der Waals surface area contributed by atoms with Gasteiger partial charge in [0.2, 0.25) is 0 Å². The minimum atomic E-state index is -0.608. The van der Waals surface area contributed by atoms with Gasteiger partial charge in [-0.3, -0.25) is 4.79 Å². The summed E-state index contributed by atoms with van der Waals surface area (Å²) in [5, 5.41) is 1.84. The van der Waals surface area contributed by atoms with Crippen LogP contribution in [0.5, 0.6) is 0 Å². The number of hydrogen-bond acceptors (Lipinski definition) is 3. The SMILES string of the molecule is C=Cc1coc(=O)c2c(=O)n3c(cc12)-c1[nH]c2ccccc2c1CC3. The monoisotopic (exact) mass is 330 g/mol. The van der Waals surface area contributed by atoms with Crippen LogP contribution >= 0.6 is 0 Å². The lowest BCUT2D eigenvalue weighted by Gasteiger charge is -2.20. The smallest absolute Gasteiger partial charge is 0.349 e. The van der Waals surface area contributed by atoms with E-state index in [-0.39, 0.29) is 10.9 Å². The fraction of sp³-hybridized carbons (Fsp3) is 0.100. The lowest BCUT2D eigenvalue weighted by Crippen LogP contribution is -2.29. The molecule has 0 unspecified atom stereocenters. The summed E-state index contributed by atoms with van der Waals surface area (Å²) in [6.45, 7) is 4.29. The number of rotatable bonds is 1. The van der Waals surface area contributed by atoms with Crippen molar-refractivity contribution >= 4 is 27.8 Å². The summed E-state index contributed by atoms with van der Waals surface area (Å²) in [6.07, 6.45) is 3.68. The number of aryl methyl sites for hydroxylation is 1. The summed E-state index contributed by atoms with van der Waals surface area (Å²) >= 11 is 0. The van der Waals surface area contributed by atoms with E-state index in [0.717, 1.165) is 23.3 Å². The Kier molecular flexibility index (Phi) is 2.71. The van der Waals surface area contributed by atoms with Crippen molar-refractivity contribution in [3.8, 4) is 11.4 Å². The number of nitrogens with one attached hydrogen (secondary N) is 1. The summed E-state index contributed by atoms with van der Waals surface area (Å²) in [5.41, 5.74) is 3.71. The quantitative estimate of drug-likeness (QED) is 0.582. The summed E-state index contributed by atoms with van der Waals surface area (Å²) in [5.74, 6) is 0. The molecule has 3 aromatic heterocycles. The number of hydrogen-bond donors (Lipinski definition) is 1. The Morgan fingerprint density at radius 1 is 1.20 bits per heavy atom. The summed E-state index contributed by atoms with van der Waals surface area (Å²) in [6, 6.07) is 10.0. The Balaban J connectivity index is 1.96. The Labute approximate surface area is 141 Å². The van der Waals surface area contributed by atoms with Crippen LogP contribution in [-0.2, 0) is 13.0 Å². The maximum atomic E-state index is 12.9. The summed E-state index contributed by atoms with van der Waals surface area (Å²) in [4.78, 5) is 28.5. The molecule has 5 nitrogen and oxygen atoms in total. The molecule has 0 saturated heterocycles. The molecule has 0 amide bonds. The Morgan fingerprint density at radius 2 is 2.04 bits per heavy atom. The minimum Gasteiger partial charge on any atom is -0.430 e. The molecule has 5 rings (SSSR count). The van der Waals surface area contributed by atoms with Gasteiger partial charge in [-0.2, -0.15) is 0 Å². The van der Waals surface area contributed by atoms with Gasteiger partial charge in [0.1, 0.15) is 11.6 Å². The van der Waals surface area contributed by atoms with Crippen molar-refractivity contribution in [3.63, 3.8) is 0 Å².